The Morgan fingerprint density at radius 3 is 2.55 bits per heavy atom. The lowest BCUT2D eigenvalue weighted by atomic mass is 10.1. The van der Waals surface area contributed by atoms with Crippen molar-refractivity contribution in [2.75, 3.05) is 43.4 Å². The van der Waals surface area contributed by atoms with E-state index in [4.69, 9.17) is 4.74 Å². The lowest BCUT2D eigenvalue weighted by Gasteiger charge is -2.36. The first-order chi connectivity index (χ1) is 14.9. The molecule has 1 amide bonds. The molecule has 1 heterocycles. The van der Waals surface area contributed by atoms with Gasteiger partial charge in [0, 0.05) is 43.5 Å². The molecule has 3 rings (SSSR count). The van der Waals surface area contributed by atoms with E-state index in [9.17, 15) is 24.1 Å². The van der Waals surface area contributed by atoms with Crippen molar-refractivity contribution in [1.82, 2.24) is 4.90 Å². The molecule has 1 fully saturated rings. The van der Waals surface area contributed by atoms with Crippen LogP contribution in [0.25, 0.3) is 0 Å². The maximum atomic E-state index is 13.4. The highest BCUT2D eigenvalue weighted by Crippen LogP contribution is 2.31. The zero-order valence-corrected chi connectivity index (χ0v) is 17.8. The van der Waals surface area contributed by atoms with Crippen molar-refractivity contribution in [3.05, 3.63) is 64.0 Å². The number of ether oxygens (including phenoxy) is 1. The number of hydrogen-bond acceptors (Lipinski definition) is 7. The molecule has 2 aromatic rings. The highest BCUT2D eigenvalue weighted by atomic mass is 32.2. The number of benzene rings is 2. The number of amides is 1. The number of nitro benzene ring substituents is 1. The molecule has 0 aliphatic carbocycles. The van der Waals surface area contributed by atoms with Crippen molar-refractivity contribution >= 4 is 35.0 Å². The second-order valence-corrected chi connectivity index (χ2v) is 7.81. The molecule has 1 aliphatic rings. The van der Waals surface area contributed by atoms with Gasteiger partial charge in [0.2, 0.25) is 0 Å². The smallest absolute Gasteiger partial charge is 0.316 e. The fourth-order valence-corrected chi connectivity index (χ4v) is 4.08. The molecule has 0 radical (unpaired) electrons. The lowest BCUT2D eigenvalue weighted by Crippen LogP contribution is -2.48. The molecular weight excluding hydrogens is 425 g/mol. The predicted molar refractivity (Wildman–Crippen MR) is 115 cm³/mol. The van der Waals surface area contributed by atoms with Crippen LogP contribution >= 0.6 is 11.8 Å². The fraction of sp³-hybridized carbons (Fsp3) is 0.333. The minimum Gasteiger partial charge on any atom is -0.465 e. The molecule has 0 bridgehead atoms. The molecule has 0 aromatic heterocycles. The summed E-state index contributed by atoms with van der Waals surface area (Å²) in [5, 5.41) is 11.5. The maximum Gasteiger partial charge on any atom is 0.316 e. The molecule has 0 unspecified atom stereocenters. The lowest BCUT2D eigenvalue weighted by molar-refractivity contribution is -0.387. The maximum absolute atomic E-state index is 13.4. The number of carbonyl (C=O) groups is 2. The molecular formula is C21H22FN3O5S. The molecule has 0 spiro atoms. The summed E-state index contributed by atoms with van der Waals surface area (Å²) in [4.78, 5) is 39.2. The summed E-state index contributed by atoms with van der Waals surface area (Å²) in [6.45, 7) is 3.82. The summed E-state index contributed by atoms with van der Waals surface area (Å²) in [7, 11) is 0. The second kappa shape index (κ2) is 10.3. The third-order valence-electron chi connectivity index (χ3n) is 4.79. The van der Waals surface area contributed by atoms with Crippen molar-refractivity contribution in [2.45, 2.75) is 11.8 Å². The summed E-state index contributed by atoms with van der Waals surface area (Å²) >= 11 is 1.00. The van der Waals surface area contributed by atoms with E-state index in [2.05, 4.69) is 0 Å². The summed E-state index contributed by atoms with van der Waals surface area (Å²) in [5.74, 6) is -1.13. The fourth-order valence-electron chi connectivity index (χ4n) is 3.28. The molecule has 1 aliphatic heterocycles. The standard InChI is InChI=1S/C21H22FN3O5S/c1-2-30-20(26)14-31-19-7-6-15(12-18(19)25(28)29)21(27)24-10-8-23(9-11-24)17-5-3-4-16(22)13-17/h3-7,12-13H,2,8-11,14H2,1H3. The topological polar surface area (TPSA) is 93.0 Å². The summed E-state index contributed by atoms with van der Waals surface area (Å²) < 4.78 is 18.3. The van der Waals surface area contributed by atoms with Crippen LogP contribution in [0.15, 0.2) is 47.4 Å². The number of nitro groups is 1. The first-order valence-electron chi connectivity index (χ1n) is 9.75. The van der Waals surface area contributed by atoms with Gasteiger partial charge in [-0.05, 0) is 37.3 Å². The molecule has 2 aromatic carbocycles. The van der Waals surface area contributed by atoms with Gasteiger partial charge in [-0.15, -0.1) is 11.8 Å². The van der Waals surface area contributed by atoms with E-state index in [1.807, 2.05) is 11.0 Å². The minimum atomic E-state index is -0.563. The van der Waals surface area contributed by atoms with Crippen LogP contribution in [0, 0.1) is 15.9 Å². The molecule has 31 heavy (non-hydrogen) atoms. The SMILES string of the molecule is CCOC(=O)CSc1ccc(C(=O)N2CCN(c3cccc(F)c3)CC2)cc1[N+](=O)[O-]. The van der Waals surface area contributed by atoms with E-state index >= 15 is 0 Å². The summed E-state index contributed by atoms with van der Waals surface area (Å²) in [5.41, 5.74) is 0.746. The van der Waals surface area contributed by atoms with Gasteiger partial charge in [-0.1, -0.05) is 6.07 Å². The van der Waals surface area contributed by atoms with Crippen molar-refractivity contribution in [3.8, 4) is 0 Å². The number of thioether (sulfide) groups is 1. The van der Waals surface area contributed by atoms with E-state index in [1.54, 1.807) is 17.9 Å². The van der Waals surface area contributed by atoms with Crippen LogP contribution in [0.2, 0.25) is 0 Å². The van der Waals surface area contributed by atoms with Gasteiger partial charge in [0.15, 0.2) is 0 Å². The van der Waals surface area contributed by atoms with E-state index < -0.39 is 10.9 Å². The normalized spacial score (nSPS) is 13.7. The number of halogens is 1. The van der Waals surface area contributed by atoms with Gasteiger partial charge >= 0.3 is 5.97 Å². The average molecular weight is 447 g/mol. The summed E-state index contributed by atoms with van der Waals surface area (Å²) in [6.07, 6.45) is 0. The number of anilines is 1. The predicted octanol–water partition coefficient (Wildman–Crippen LogP) is 3.35. The third kappa shape index (κ3) is 5.72. The van der Waals surface area contributed by atoms with Crippen LogP contribution in [0.1, 0.15) is 17.3 Å². The van der Waals surface area contributed by atoms with Crippen LogP contribution in [-0.4, -0.2) is 60.2 Å². The number of esters is 1. The Bertz CT molecular complexity index is 979. The van der Waals surface area contributed by atoms with Gasteiger partial charge in [0.05, 0.1) is 22.2 Å². The van der Waals surface area contributed by atoms with E-state index in [0.29, 0.717) is 31.1 Å². The molecule has 10 heteroatoms. The first kappa shape index (κ1) is 22.5. The molecule has 0 atom stereocenters. The Morgan fingerprint density at radius 1 is 1.16 bits per heavy atom. The van der Waals surface area contributed by atoms with Crippen molar-refractivity contribution in [1.29, 1.82) is 0 Å². The number of rotatable bonds is 7. The third-order valence-corrected chi connectivity index (χ3v) is 5.83. The number of hydrogen-bond donors (Lipinski definition) is 0. The van der Waals surface area contributed by atoms with E-state index in [-0.39, 0.29) is 35.3 Å². The molecule has 0 N–H and O–H groups in total. The van der Waals surface area contributed by atoms with Crippen LogP contribution < -0.4 is 4.90 Å². The van der Waals surface area contributed by atoms with E-state index in [0.717, 1.165) is 17.4 Å². The van der Waals surface area contributed by atoms with Crippen LogP contribution in [0.3, 0.4) is 0 Å². The largest absolute Gasteiger partial charge is 0.465 e. The highest BCUT2D eigenvalue weighted by Gasteiger charge is 2.25. The molecule has 1 saturated heterocycles. The van der Waals surface area contributed by atoms with Crippen LogP contribution in [0.4, 0.5) is 15.8 Å². The van der Waals surface area contributed by atoms with Gasteiger partial charge in [-0.3, -0.25) is 19.7 Å². The Hall–Kier alpha value is -3.14. The quantitative estimate of drug-likeness (QED) is 0.278. The zero-order chi connectivity index (χ0) is 22.4. The Kier molecular flexibility index (Phi) is 7.45. The van der Waals surface area contributed by atoms with Crippen LogP contribution in [0.5, 0.6) is 0 Å². The average Bonchev–Trinajstić information content (AvgIpc) is 2.77. The molecule has 0 saturated carbocycles. The van der Waals surface area contributed by atoms with Gasteiger partial charge < -0.3 is 14.5 Å². The first-order valence-corrected chi connectivity index (χ1v) is 10.7. The Labute approximate surface area is 183 Å². The Morgan fingerprint density at radius 2 is 1.90 bits per heavy atom. The van der Waals surface area contributed by atoms with Crippen molar-refractivity contribution in [2.24, 2.45) is 0 Å². The number of nitrogens with zero attached hydrogens (tertiary/aromatic N) is 3. The van der Waals surface area contributed by atoms with Gasteiger partial charge in [0.1, 0.15) is 5.82 Å². The van der Waals surface area contributed by atoms with Gasteiger partial charge in [-0.2, -0.15) is 0 Å². The minimum absolute atomic E-state index is 0.0516. The number of piperazine rings is 1. The zero-order valence-electron chi connectivity index (χ0n) is 17.0. The van der Waals surface area contributed by atoms with Crippen LogP contribution in [-0.2, 0) is 9.53 Å². The van der Waals surface area contributed by atoms with E-state index in [1.165, 1.54) is 30.3 Å². The molecule has 164 valence electrons. The summed E-state index contributed by atoms with van der Waals surface area (Å²) in [6, 6.07) is 10.5. The van der Waals surface area contributed by atoms with Gasteiger partial charge in [0.25, 0.3) is 11.6 Å². The molecule has 8 nitrogen and oxygen atoms in total. The Balaban J connectivity index is 1.67. The second-order valence-electron chi connectivity index (χ2n) is 6.79. The monoisotopic (exact) mass is 447 g/mol. The van der Waals surface area contributed by atoms with Crippen molar-refractivity contribution in [3.63, 3.8) is 0 Å². The highest BCUT2D eigenvalue weighted by molar-refractivity contribution is 8.00. The number of carbonyl (C=O) groups excluding carboxylic acids is 2. The van der Waals surface area contributed by atoms with Crippen molar-refractivity contribution < 1.29 is 23.6 Å². The van der Waals surface area contributed by atoms with Gasteiger partial charge in [-0.25, -0.2) is 4.39 Å².